The van der Waals surface area contributed by atoms with E-state index in [2.05, 4.69) is 163 Å². The average Bonchev–Trinajstić information content (AvgIpc) is 3.29. The van der Waals surface area contributed by atoms with Crippen molar-refractivity contribution in [1.82, 2.24) is 15.0 Å². The van der Waals surface area contributed by atoms with Crippen LogP contribution in [0.4, 0.5) is 0 Å². The number of fused-ring (bicyclic) bond motifs is 2. The minimum atomic E-state index is 0.683. The molecular formula is C52H38N4. The van der Waals surface area contributed by atoms with Crippen LogP contribution in [0.3, 0.4) is 0 Å². The normalized spacial score (nSPS) is 13.6. The summed E-state index contributed by atoms with van der Waals surface area (Å²) >= 11 is 0. The predicted octanol–water partition coefficient (Wildman–Crippen LogP) is 12.5. The van der Waals surface area contributed by atoms with Crippen molar-refractivity contribution in [3.63, 3.8) is 0 Å². The molecule has 8 aromatic rings. The third-order valence-corrected chi connectivity index (χ3v) is 10.9. The number of rotatable bonds is 7. The SMILES string of the molecule is C1=CC(c2ccc(-c3cc(-c4ccc(-c5ccccn5)cc4)nc(-c4cc(C5=CCCc6ccccc65)cc(-c5cccc6ccccc56)c4)n3)cc2)=NCC1. The molecule has 0 unspecified atom stereocenters. The summed E-state index contributed by atoms with van der Waals surface area (Å²) in [4.78, 5) is 20.0. The zero-order valence-electron chi connectivity index (χ0n) is 30.9. The van der Waals surface area contributed by atoms with Crippen LogP contribution in [-0.2, 0) is 6.42 Å². The van der Waals surface area contributed by atoms with E-state index in [0.29, 0.717) is 5.82 Å². The number of dihydropyridines is 1. The average molecular weight is 719 g/mol. The molecule has 6 aromatic carbocycles. The Hall–Kier alpha value is -7.04. The number of pyridine rings is 1. The molecule has 0 atom stereocenters. The van der Waals surface area contributed by atoms with Gasteiger partial charge in [0.1, 0.15) is 0 Å². The van der Waals surface area contributed by atoms with Crippen molar-refractivity contribution < 1.29 is 0 Å². The molecule has 0 saturated heterocycles. The Balaban J connectivity index is 1.16. The van der Waals surface area contributed by atoms with Gasteiger partial charge in [-0.25, -0.2) is 9.97 Å². The second-order valence-corrected chi connectivity index (χ2v) is 14.4. The van der Waals surface area contributed by atoms with E-state index in [4.69, 9.17) is 15.0 Å². The molecule has 10 rings (SSSR count). The van der Waals surface area contributed by atoms with Crippen molar-refractivity contribution in [2.24, 2.45) is 4.99 Å². The second kappa shape index (κ2) is 14.7. The summed E-state index contributed by atoms with van der Waals surface area (Å²) in [5, 5.41) is 2.43. The molecule has 1 aliphatic heterocycles. The highest BCUT2D eigenvalue weighted by atomic mass is 14.9. The van der Waals surface area contributed by atoms with E-state index < -0.39 is 0 Å². The molecule has 0 spiro atoms. The van der Waals surface area contributed by atoms with Crippen LogP contribution in [0.15, 0.2) is 187 Å². The van der Waals surface area contributed by atoms with Gasteiger partial charge in [-0.15, -0.1) is 0 Å². The molecule has 4 nitrogen and oxygen atoms in total. The molecule has 0 radical (unpaired) electrons. The van der Waals surface area contributed by atoms with Gasteiger partial charge in [0.25, 0.3) is 0 Å². The number of hydrogen-bond donors (Lipinski definition) is 0. The first-order chi connectivity index (χ1) is 27.7. The lowest BCUT2D eigenvalue weighted by Gasteiger charge is -2.20. The molecule has 0 amide bonds. The molecule has 2 aromatic heterocycles. The predicted molar refractivity (Wildman–Crippen MR) is 232 cm³/mol. The largest absolute Gasteiger partial charge is 0.284 e. The van der Waals surface area contributed by atoms with E-state index in [0.717, 1.165) is 82.0 Å². The van der Waals surface area contributed by atoms with Gasteiger partial charge < -0.3 is 0 Å². The number of benzene rings is 6. The Morgan fingerprint density at radius 2 is 1.12 bits per heavy atom. The minimum Gasteiger partial charge on any atom is -0.284 e. The fourth-order valence-corrected chi connectivity index (χ4v) is 8.03. The minimum absolute atomic E-state index is 0.683. The lowest BCUT2D eigenvalue weighted by atomic mass is 9.85. The third kappa shape index (κ3) is 6.56. The van der Waals surface area contributed by atoms with E-state index in [1.807, 2.05) is 24.4 Å². The van der Waals surface area contributed by atoms with Crippen LogP contribution in [-0.4, -0.2) is 27.2 Å². The molecule has 0 bridgehead atoms. The van der Waals surface area contributed by atoms with Gasteiger partial charge in [-0.05, 0) is 111 Å². The van der Waals surface area contributed by atoms with Crippen molar-refractivity contribution in [3.8, 4) is 56.3 Å². The Morgan fingerprint density at radius 1 is 0.464 bits per heavy atom. The van der Waals surface area contributed by atoms with Crippen molar-refractivity contribution >= 4 is 22.1 Å². The van der Waals surface area contributed by atoms with Crippen LogP contribution in [0.1, 0.15) is 35.1 Å². The summed E-state index contributed by atoms with van der Waals surface area (Å²) < 4.78 is 0. The van der Waals surface area contributed by atoms with Crippen molar-refractivity contribution in [2.45, 2.75) is 19.3 Å². The maximum Gasteiger partial charge on any atom is 0.160 e. The molecule has 56 heavy (non-hydrogen) atoms. The molecule has 2 aliphatic rings. The van der Waals surface area contributed by atoms with E-state index in [-0.39, 0.29) is 0 Å². The fourth-order valence-electron chi connectivity index (χ4n) is 8.03. The summed E-state index contributed by atoms with van der Waals surface area (Å²) in [5.41, 5.74) is 16.3. The molecule has 4 heteroatoms. The lowest BCUT2D eigenvalue weighted by molar-refractivity contribution is 0.978. The van der Waals surface area contributed by atoms with Crippen LogP contribution in [0.2, 0.25) is 0 Å². The first-order valence-corrected chi connectivity index (χ1v) is 19.4. The van der Waals surface area contributed by atoms with Gasteiger partial charge >= 0.3 is 0 Å². The van der Waals surface area contributed by atoms with Crippen LogP contribution in [0.5, 0.6) is 0 Å². The van der Waals surface area contributed by atoms with E-state index in [1.165, 1.54) is 38.6 Å². The molecule has 0 N–H and O–H groups in total. The number of hydrogen-bond acceptors (Lipinski definition) is 4. The van der Waals surface area contributed by atoms with Gasteiger partial charge in [0.15, 0.2) is 5.82 Å². The van der Waals surface area contributed by atoms with E-state index in [9.17, 15) is 0 Å². The summed E-state index contributed by atoms with van der Waals surface area (Å²) in [6.45, 7) is 0.827. The highest BCUT2D eigenvalue weighted by Gasteiger charge is 2.19. The zero-order valence-corrected chi connectivity index (χ0v) is 30.9. The Bertz CT molecular complexity index is 2820. The maximum absolute atomic E-state index is 5.35. The van der Waals surface area contributed by atoms with Crippen molar-refractivity contribution in [1.29, 1.82) is 0 Å². The topological polar surface area (TPSA) is 51.0 Å². The standard InChI is InChI=1S/C52H38N4/c1-3-15-44-35(11-1)13-9-17-46(44)41-31-42(47-18-10-14-36-12-2-4-16-45(36)47)33-43(32-41)52-55-50(39-25-21-37(22-26-39)48-19-5-7-29-53-48)34-51(56-52)40-27-23-38(24-28-40)49-20-6-8-30-54-49/h1-7,9,11-13,15-29,31-34H,8,10,14,30H2. The highest BCUT2D eigenvalue weighted by molar-refractivity contribution is 6.09. The Morgan fingerprint density at radius 3 is 1.89 bits per heavy atom. The smallest absolute Gasteiger partial charge is 0.160 e. The molecule has 3 heterocycles. The Kier molecular flexibility index (Phi) is 8.77. The summed E-state index contributed by atoms with van der Waals surface area (Å²) in [6, 6.07) is 56.2. The van der Waals surface area contributed by atoms with E-state index in [1.54, 1.807) is 0 Å². The van der Waals surface area contributed by atoms with Gasteiger partial charge in [-0.3, -0.25) is 9.98 Å². The van der Waals surface area contributed by atoms with Crippen molar-refractivity contribution in [2.75, 3.05) is 6.54 Å². The summed E-state index contributed by atoms with van der Waals surface area (Å²) in [6.07, 6.45) is 11.6. The van der Waals surface area contributed by atoms with E-state index >= 15 is 0 Å². The van der Waals surface area contributed by atoms with Crippen LogP contribution in [0.25, 0.3) is 72.6 Å². The molecular weight excluding hydrogens is 681 g/mol. The molecule has 266 valence electrons. The fraction of sp³-hybridized carbons (Fsp3) is 0.0769. The van der Waals surface area contributed by atoms with Crippen LogP contribution in [0, 0.1) is 0 Å². The van der Waals surface area contributed by atoms with Gasteiger partial charge in [0.05, 0.1) is 22.8 Å². The quantitative estimate of drug-likeness (QED) is 0.165. The monoisotopic (exact) mass is 718 g/mol. The first-order valence-electron chi connectivity index (χ1n) is 19.4. The summed E-state index contributed by atoms with van der Waals surface area (Å²) in [7, 11) is 0. The highest BCUT2D eigenvalue weighted by Crippen LogP contribution is 2.39. The molecule has 0 saturated carbocycles. The van der Waals surface area contributed by atoms with Crippen molar-refractivity contribution in [3.05, 3.63) is 204 Å². The number of aliphatic imine (C=N–C) groups is 1. The van der Waals surface area contributed by atoms with Gasteiger partial charge in [-0.1, -0.05) is 133 Å². The number of nitrogens with zero attached hydrogens (tertiary/aromatic N) is 4. The molecule has 1 aliphatic carbocycles. The second-order valence-electron chi connectivity index (χ2n) is 14.4. The summed E-state index contributed by atoms with van der Waals surface area (Å²) in [5.74, 6) is 0.683. The van der Waals surface area contributed by atoms with Gasteiger partial charge in [0, 0.05) is 35.0 Å². The Labute approximate surface area is 327 Å². The zero-order chi connectivity index (χ0) is 37.3. The number of aryl methyl sites for hydroxylation is 1. The molecule has 0 fully saturated rings. The third-order valence-electron chi connectivity index (χ3n) is 10.9. The maximum atomic E-state index is 5.35. The number of allylic oxidation sites excluding steroid dienone is 2. The lowest BCUT2D eigenvalue weighted by Crippen LogP contribution is -2.03. The van der Waals surface area contributed by atoms with Crippen LogP contribution < -0.4 is 0 Å². The van der Waals surface area contributed by atoms with Gasteiger partial charge in [0.2, 0.25) is 0 Å². The number of aromatic nitrogens is 3. The van der Waals surface area contributed by atoms with Crippen LogP contribution >= 0.6 is 0 Å². The van der Waals surface area contributed by atoms with Gasteiger partial charge in [-0.2, -0.15) is 0 Å². The first kappa shape index (κ1) is 33.5.